The Hall–Kier alpha value is -2.30. The summed E-state index contributed by atoms with van der Waals surface area (Å²) in [5.41, 5.74) is 1.66. The van der Waals surface area contributed by atoms with Crippen molar-refractivity contribution in [1.29, 1.82) is 0 Å². The Balaban J connectivity index is 1.37. The lowest BCUT2D eigenvalue weighted by molar-refractivity contribution is -0.128. The van der Waals surface area contributed by atoms with E-state index in [0.29, 0.717) is 24.6 Å². The van der Waals surface area contributed by atoms with E-state index >= 15 is 0 Å². The van der Waals surface area contributed by atoms with Crippen LogP contribution in [0.15, 0.2) is 36.7 Å². The molecule has 1 aliphatic heterocycles. The third-order valence-corrected chi connectivity index (χ3v) is 4.54. The van der Waals surface area contributed by atoms with Crippen molar-refractivity contribution >= 4 is 17.3 Å². The van der Waals surface area contributed by atoms with Gasteiger partial charge in [0.2, 0.25) is 5.91 Å². The minimum absolute atomic E-state index is 0.0685. The molecule has 3 heterocycles. The summed E-state index contributed by atoms with van der Waals surface area (Å²) in [6.07, 6.45) is 6.61. The van der Waals surface area contributed by atoms with Crippen molar-refractivity contribution in [2.45, 2.75) is 25.3 Å². The number of rotatable bonds is 4. The number of pyridine rings is 1. The molecule has 5 heteroatoms. The van der Waals surface area contributed by atoms with Gasteiger partial charge in [0.15, 0.2) is 0 Å². The zero-order chi connectivity index (χ0) is 15.1. The van der Waals surface area contributed by atoms with Gasteiger partial charge in [-0.15, -0.1) is 0 Å². The largest absolute Gasteiger partial charge is 0.352 e. The molecule has 1 atom stereocenters. The molecule has 2 aliphatic rings. The molecule has 2 aromatic rings. The number of nitrogens with one attached hydrogen (secondary N) is 1. The van der Waals surface area contributed by atoms with E-state index in [1.165, 1.54) is 0 Å². The number of likely N-dealkylation sites (tertiary alicyclic amines) is 1. The van der Waals surface area contributed by atoms with Crippen molar-refractivity contribution in [3.05, 3.63) is 42.2 Å². The number of hydrogen-bond acceptors (Lipinski definition) is 2. The number of hydrogen-bond donors (Lipinski definition) is 1. The molecule has 114 valence electrons. The second kappa shape index (κ2) is 5.16. The summed E-state index contributed by atoms with van der Waals surface area (Å²) in [5, 5.41) is 2.97. The van der Waals surface area contributed by atoms with Crippen LogP contribution in [0.3, 0.4) is 0 Å². The van der Waals surface area contributed by atoms with E-state index in [-0.39, 0.29) is 17.7 Å². The molecule has 0 bridgehead atoms. The summed E-state index contributed by atoms with van der Waals surface area (Å²) in [6, 6.07) is 8.22. The molecule has 0 aromatic carbocycles. The average Bonchev–Trinajstić information content (AvgIpc) is 3.15. The molecule has 2 amide bonds. The minimum Gasteiger partial charge on any atom is -0.352 e. The Morgan fingerprint density at radius 1 is 1.32 bits per heavy atom. The Morgan fingerprint density at radius 2 is 2.18 bits per heavy atom. The first-order valence-electron chi connectivity index (χ1n) is 7.85. The lowest BCUT2D eigenvalue weighted by Gasteiger charge is -2.15. The highest BCUT2D eigenvalue weighted by Crippen LogP contribution is 2.32. The maximum atomic E-state index is 12.3. The van der Waals surface area contributed by atoms with Gasteiger partial charge in [-0.1, -0.05) is 6.07 Å². The van der Waals surface area contributed by atoms with Crippen LogP contribution in [-0.4, -0.2) is 40.2 Å². The number of carbonyl (C=O) groups is 2. The second-order valence-corrected chi connectivity index (χ2v) is 6.32. The van der Waals surface area contributed by atoms with Crippen LogP contribution in [0.25, 0.3) is 5.52 Å². The van der Waals surface area contributed by atoms with Crippen molar-refractivity contribution in [3.8, 4) is 0 Å². The van der Waals surface area contributed by atoms with Crippen molar-refractivity contribution in [1.82, 2.24) is 14.6 Å². The molecule has 1 saturated heterocycles. The van der Waals surface area contributed by atoms with E-state index < -0.39 is 0 Å². The fourth-order valence-corrected chi connectivity index (χ4v) is 3.20. The fraction of sp³-hybridized carbons (Fsp3) is 0.412. The summed E-state index contributed by atoms with van der Waals surface area (Å²) in [7, 11) is 0. The Kier molecular flexibility index (Phi) is 3.13. The van der Waals surface area contributed by atoms with E-state index in [9.17, 15) is 9.59 Å². The Bertz CT molecular complexity index is 699. The van der Waals surface area contributed by atoms with Crippen LogP contribution in [0.2, 0.25) is 0 Å². The summed E-state index contributed by atoms with van der Waals surface area (Å²) >= 11 is 0. The zero-order valence-corrected chi connectivity index (χ0v) is 12.4. The Labute approximate surface area is 128 Å². The summed E-state index contributed by atoms with van der Waals surface area (Å²) in [4.78, 5) is 26.2. The summed E-state index contributed by atoms with van der Waals surface area (Å²) < 4.78 is 1.93. The van der Waals surface area contributed by atoms with Crippen molar-refractivity contribution in [2.24, 2.45) is 5.92 Å². The molecule has 0 unspecified atom stereocenters. The van der Waals surface area contributed by atoms with Gasteiger partial charge in [-0.25, -0.2) is 0 Å². The van der Waals surface area contributed by atoms with E-state index in [4.69, 9.17) is 0 Å². The van der Waals surface area contributed by atoms with Crippen LogP contribution in [0.5, 0.6) is 0 Å². The van der Waals surface area contributed by atoms with E-state index in [1.54, 1.807) is 0 Å². The molecule has 22 heavy (non-hydrogen) atoms. The molecule has 5 nitrogen and oxygen atoms in total. The Morgan fingerprint density at radius 3 is 2.95 bits per heavy atom. The van der Waals surface area contributed by atoms with Crippen LogP contribution in [0.4, 0.5) is 0 Å². The molecular formula is C17H19N3O2. The van der Waals surface area contributed by atoms with Gasteiger partial charge in [-0.2, -0.15) is 0 Å². The molecular weight excluding hydrogens is 278 g/mol. The van der Waals surface area contributed by atoms with Gasteiger partial charge >= 0.3 is 0 Å². The highest BCUT2D eigenvalue weighted by Gasteiger charge is 2.39. The lowest BCUT2D eigenvalue weighted by atomic mass is 10.1. The first kappa shape index (κ1) is 13.4. The van der Waals surface area contributed by atoms with E-state index in [2.05, 4.69) is 5.32 Å². The molecule has 4 rings (SSSR count). The zero-order valence-electron chi connectivity index (χ0n) is 12.4. The number of aromatic nitrogens is 1. The third-order valence-electron chi connectivity index (χ3n) is 4.54. The molecule has 1 N–H and O–H groups in total. The molecule has 1 saturated carbocycles. The number of fused-ring (bicyclic) bond motifs is 1. The van der Waals surface area contributed by atoms with Gasteiger partial charge in [-0.3, -0.25) is 9.59 Å². The van der Waals surface area contributed by atoms with Gasteiger partial charge < -0.3 is 14.6 Å². The number of amides is 2. The fourth-order valence-electron chi connectivity index (χ4n) is 3.20. The van der Waals surface area contributed by atoms with Gasteiger partial charge in [0.25, 0.3) is 5.91 Å². The first-order valence-corrected chi connectivity index (χ1v) is 7.85. The summed E-state index contributed by atoms with van der Waals surface area (Å²) in [6.45, 7) is 1.36. The number of nitrogens with zero attached hydrogens (tertiary/aromatic N) is 2. The van der Waals surface area contributed by atoms with E-state index in [0.717, 1.165) is 24.9 Å². The summed E-state index contributed by atoms with van der Waals surface area (Å²) in [5.74, 6) is 0.423. The second-order valence-electron chi connectivity index (χ2n) is 6.32. The quantitative estimate of drug-likeness (QED) is 0.933. The SMILES string of the molecule is O=C(NC[C@@H]1CC(=O)N(C2CC2)C1)c1cc2ccccn2c1. The average molecular weight is 297 g/mol. The maximum absolute atomic E-state index is 12.3. The molecule has 1 aliphatic carbocycles. The van der Waals surface area contributed by atoms with Crippen molar-refractivity contribution in [2.75, 3.05) is 13.1 Å². The monoisotopic (exact) mass is 297 g/mol. The van der Waals surface area contributed by atoms with Crippen LogP contribution in [0.1, 0.15) is 29.6 Å². The predicted molar refractivity (Wildman–Crippen MR) is 82.6 cm³/mol. The van der Waals surface area contributed by atoms with Gasteiger partial charge in [0, 0.05) is 49.4 Å². The van der Waals surface area contributed by atoms with E-state index in [1.807, 2.05) is 46.0 Å². The van der Waals surface area contributed by atoms with Gasteiger partial charge in [0.05, 0.1) is 5.56 Å². The van der Waals surface area contributed by atoms with Crippen molar-refractivity contribution in [3.63, 3.8) is 0 Å². The van der Waals surface area contributed by atoms with Crippen LogP contribution in [0, 0.1) is 5.92 Å². The number of carbonyl (C=O) groups excluding carboxylic acids is 2. The molecule has 0 radical (unpaired) electrons. The van der Waals surface area contributed by atoms with Gasteiger partial charge in [-0.05, 0) is 31.0 Å². The normalized spacial score (nSPS) is 21.5. The van der Waals surface area contributed by atoms with Crippen molar-refractivity contribution < 1.29 is 9.59 Å². The van der Waals surface area contributed by atoms with Crippen LogP contribution in [-0.2, 0) is 4.79 Å². The molecule has 0 spiro atoms. The minimum atomic E-state index is -0.0685. The maximum Gasteiger partial charge on any atom is 0.252 e. The van der Waals surface area contributed by atoms with Crippen LogP contribution < -0.4 is 5.32 Å². The molecule has 2 fully saturated rings. The lowest BCUT2D eigenvalue weighted by Crippen LogP contribution is -2.31. The standard InChI is InChI=1S/C17H19N3O2/c21-16-7-12(10-20(16)14-4-5-14)9-18-17(22)13-8-15-3-1-2-6-19(15)11-13/h1-3,6,8,11-12,14H,4-5,7,9-10H2,(H,18,22)/t12-/m0/s1. The van der Waals surface area contributed by atoms with Crippen LogP contribution >= 0.6 is 0 Å². The predicted octanol–water partition coefficient (Wildman–Crippen LogP) is 1.68. The first-order chi connectivity index (χ1) is 10.7. The highest BCUT2D eigenvalue weighted by molar-refractivity contribution is 5.95. The van der Waals surface area contributed by atoms with Gasteiger partial charge in [0.1, 0.15) is 0 Å². The smallest absolute Gasteiger partial charge is 0.252 e. The molecule has 2 aromatic heterocycles. The highest BCUT2D eigenvalue weighted by atomic mass is 16.2. The topological polar surface area (TPSA) is 53.8 Å². The third kappa shape index (κ3) is 2.47.